The monoisotopic (exact) mass is 315 g/mol. The lowest BCUT2D eigenvalue weighted by Crippen LogP contribution is -2.30. The van der Waals surface area contributed by atoms with E-state index < -0.39 is 0 Å². The largest absolute Gasteiger partial charge is 0.349 e. The number of hydrogen-bond acceptors (Lipinski definition) is 1. The van der Waals surface area contributed by atoms with Crippen molar-refractivity contribution < 1.29 is 4.79 Å². The summed E-state index contributed by atoms with van der Waals surface area (Å²) in [5.74, 6) is 0.0362. The van der Waals surface area contributed by atoms with Crippen LogP contribution in [-0.2, 0) is 11.2 Å². The number of rotatable bonds is 5. The van der Waals surface area contributed by atoms with Gasteiger partial charge in [-0.3, -0.25) is 4.79 Å². The Labute approximate surface area is 137 Å². The zero-order chi connectivity index (χ0) is 16.1. The normalized spacial score (nSPS) is 12.0. The predicted molar refractivity (Wildman–Crippen MR) is 92.2 cm³/mol. The second-order valence-corrected chi connectivity index (χ2v) is 6.13. The maximum Gasteiger partial charge on any atom is 0.224 e. The quantitative estimate of drug-likeness (QED) is 0.846. The van der Waals surface area contributed by atoms with E-state index in [0.717, 1.165) is 12.0 Å². The maximum atomic E-state index is 12.3. The molecule has 0 saturated carbocycles. The van der Waals surface area contributed by atoms with Gasteiger partial charge >= 0.3 is 0 Å². The third-order valence-corrected chi connectivity index (χ3v) is 4.07. The van der Waals surface area contributed by atoms with Crippen LogP contribution in [-0.4, -0.2) is 5.91 Å². The Hall–Kier alpha value is -1.80. The Morgan fingerprint density at radius 2 is 1.82 bits per heavy atom. The van der Waals surface area contributed by atoms with E-state index in [9.17, 15) is 4.79 Å². The van der Waals surface area contributed by atoms with Crippen molar-refractivity contribution in [1.82, 2.24) is 5.32 Å². The number of halogens is 1. The average molecular weight is 316 g/mol. The molecule has 2 nitrogen and oxygen atoms in total. The van der Waals surface area contributed by atoms with Crippen LogP contribution in [0.3, 0.4) is 0 Å². The van der Waals surface area contributed by atoms with Gasteiger partial charge in [0.15, 0.2) is 0 Å². The third-order valence-electron chi connectivity index (χ3n) is 3.82. The number of nitrogens with one attached hydrogen (secondary N) is 1. The molecule has 2 rings (SSSR count). The van der Waals surface area contributed by atoms with Gasteiger partial charge in [0.05, 0.1) is 12.5 Å². The molecule has 116 valence electrons. The molecule has 0 aliphatic heterocycles. The van der Waals surface area contributed by atoms with Gasteiger partial charge in [0.1, 0.15) is 0 Å². The summed E-state index contributed by atoms with van der Waals surface area (Å²) in [5, 5.41) is 3.82. The molecule has 22 heavy (non-hydrogen) atoms. The molecule has 0 fully saturated rings. The number of hydrogen-bond donors (Lipinski definition) is 1. The molecule has 0 heterocycles. The predicted octanol–water partition coefficient (Wildman–Crippen LogP) is 4.77. The lowest BCUT2D eigenvalue weighted by molar-refractivity contribution is -0.121. The van der Waals surface area contributed by atoms with E-state index in [2.05, 4.69) is 44.3 Å². The summed E-state index contributed by atoms with van der Waals surface area (Å²) in [6.07, 6.45) is 1.24. The van der Waals surface area contributed by atoms with Crippen molar-refractivity contribution >= 4 is 17.5 Å². The van der Waals surface area contributed by atoms with Crippen molar-refractivity contribution in [3.05, 3.63) is 69.7 Å². The van der Waals surface area contributed by atoms with Crippen LogP contribution in [0.5, 0.6) is 0 Å². The van der Waals surface area contributed by atoms with Crippen molar-refractivity contribution in [1.29, 1.82) is 0 Å². The second kappa shape index (κ2) is 7.46. The van der Waals surface area contributed by atoms with Crippen molar-refractivity contribution in [2.75, 3.05) is 0 Å². The molecular weight excluding hydrogens is 294 g/mol. The molecule has 0 aliphatic rings. The SMILES string of the molecule is CC[C@H](NC(=O)Cc1ccc(Cl)cc1)c1ccc(C)cc1C. The summed E-state index contributed by atoms with van der Waals surface area (Å²) in [7, 11) is 0. The maximum absolute atomic E-state index is 12.3. The van der Waals surface area contributed by atoms with E-state index in [0.29, 0.717) is 11.4 Å². The van der Waals surface area contributed by atoms with Crippen molar-refractivity contribution in [3.63, 3.8) is 0 Å². The lowest BCUT2D eigenvalue weighted by Gasteiger charge is -2.20. The Morgan fingerprint density at radius 1 is 1.14 bits per heavy atom. The van der Waals surface area contributed by atoms with E-state index in [1.807, 2.05) is 24.3 Å². The first-order valence-corrected chi connectivity index (χ1v) is 7.98. The van der Waals surface area contributed by atoms with Crippen LogP contribution in [0.1, 0.15) is 41.6 Å². The molecule has 1 N–H and O–H groups in total. The smallest absolute Gasteiger partial charge is 0.224 e. The highest BCUT2D eigenvalue weighted by Gasteiger charge is 2.15. The van der Waals surface area contributed by atoms with Crippen LogP contribution < -0.4 is 5.32 Å². The van der Waals surface area contributed by atoms with Crippen LogP contribution in [0.4, 0.5) is 0 Å². The first kappa shape index (κ1) is 16.6. The van der Waals surface area contributed by atoms with Gasteiger partial charge in [0, 0.05) is 5.02 Å². The molecule has 0 aromatic heterocycles. The number of carbonyl (C=O) groups excluding carboxylic acids is 1. The van der Waals surface area contributed by atoms with Crippen LogP contribution in [0, 0.1) is 13.8 Å². The highest BCUT2D eigenvalue weighted by molar-refractivity contribution is 6.30. The fraction of sp³-hybridized carbons (Fsp3) is 0.316. The molecule has 3 heteroatoms. The van der Waals surface area contributed by atoms with Crippen LogP contribution in [0.2, 0.25) is 5.02 Å². The number of carbonyl (C=O) groups is 1. The molecule has 2 aromatic rings. The third kappa shape index (κ3) is 4.35. The number of amides is 1. The molecule has 0 radical (unpaired) electrons. The summed E-state index contributed by atoms with van der Waals surface area (Å²) in [4.78, 5) is 12.3. The zero-order valence-electron chi connectivity index (χ0n) is 13.3. The van der Waals surface area contributed by atoms with Crippen LogP contribution >= 0.6 is 11.6 Å². The Bertz CT molecular complexity index is 649. The first-order chi connectivity index (χ1) is 10.5. The zero-order valence-corrected chi connectivity index (χ0v) is 14.1. The average Bonchev–Trinajstić information content (AvgIpc) is 2.48. The van der Waals surface area contributed by atoms with Gasteiger partial charge in [-0.05, 0) is 49.1 Å². The van der Waals surface area contributed by atoms with E-state index >= 15 is 0 Å². The summed E-state index contributed by atoms with van der Waals surface area (Å²) in [6, 6.07) is 13.8. The highest BCUT2D eigenvalue weighted by atomic mass is 35.5. The molecule has 2 aromatic carbocycles. The highest BCUT2D eigenvalue weighted by Crippen LogP contribution is 2.22. The Balaban J connectivity index is 2.06. The molecule has 1 atom stereocenters. The van der Waals surface area contributed by atoms with E-state index in [-0.39, 0.29) is 11.9 Å². The molecule has 0 spiro atoms. The van der Waals surface area contributed by atoms with Crippen molar-refractivity contribution in [2.24, 2.45) is 0 Å². The van der Waals surface area contributed by atoms with Gasteiger partial charge < -0.3 is 5.32 Å². The van der Waals surface area contributed by atoms with Crippen LogP contribution in [0.15, 0.2) is 42.5 Å². The summed E-state index contributed by atoms with van der Waals surface area (Å²) in [6.45, 7) is 6.26. The molecule has 0 aliphatic carbocycles. The Morgan fingerprint density at radius 3 is 2.41 bits per heavy atom. The van der Waals surface area contributed by atoms with E-state index in [1.165, 1.54) is 16.7 Å². The molecule has 0 unspecified atom stereocenters. The van der Waals surface area contributed by atoms with Crippen LogP contribution in [0.25, 0.3) is 0 Å². The number of aryl methyl sites for hydroxylation is 2. The second-order valence-electron chi connectivity index (χ2n) is 5.69. The minimum absolute atomic E-state index is 0.0362. The fourth-order valence-corrected chi connectivity index (χ4v) is 2.78. The van der Waals surface area contributed by atoms with Crippen molar-refractivity contribution in [3.8, 4) is 0 Å². The van der Waals surface area contributed by atoms with Gasteiger partial charge in [0.25, 0.3) is 0 Å². The minimum Gasteiger partial charge on any atom is -0.349 e. The van der Waals surface area contributed by atoms with Gasteiger partial charge in [0.2, 0.25) is 5.91 Å². The van der Waals surface area contributed by atoms with E-state index in [1.54, 1.807) is 0 Å². The molecule has 0 saturated heterocycles. The molecule has 1 amide bonds. The standard InChI is InChI=1S/C19H22ClNO/c1-4-18(17-10-5-13(2)11-14(17)3)21-19(22)12-15-6-8-16(20)9-7-15/h5-11,18H,4,12H2,1-3H3,(H,21,22)/t18-/m0/s1. The van der Waals surface area contributed by atoms with Gasteiger partial charge in [-0.15, -0.1) is 0 Å². The van der Waals surface area contributed by atoms with Gasteiger partial charge in [-0.1, -0.05) is 54.4 Å². The minimum atomic E-state index is 0.0362. The summed E-state index contributed by atoms with van der Waals surface area (Å²) in [5.41, 5.74) is 4.62. The Kier molecular flexibility index (Phi) is 5.62. The van der Waals surface area contributed by atoms with Gasteiger partial charge in [-0.25, -0.2) is 0 Å². The first-order valence-electron chi connectivity index (χ1n) is 7.60. The van der Waals surface area contributed by atoms with E-state index in [4.69, 9.17) is 11.6 Å². The molecular formula is C19H22ClNO. The fourth-order valence-electron chi connectivity index (χ4n) is 2.65. The number of benzene rings is 2. The molecule has 0 bridgehead atoms. The lowest BCUT2D eigenvalue weighted by atomic mass is 9.97. The van der Waals surface area contributed by atoms with Crippen molar-refractivity contribution in [2.45, 2.75) is 39.7 Å². The summed E-state index contributed by atoms with van der Waals surface area (Å²) < 4.78 is 0. The van der Waals surface area contributed by atoms with Gasteiger partial charge in [-0.2, -0.15) is 0 Å². The summed E-state index contributed by atoms with van der Waals surface area (Å²) >= 11 is 5.86. The topological polar surface area (TPSA) is 29.1 Å².